The Kier molecular flexibility index (Phi) is 3.37. The van der Waals surface area contributed by atoms with Crippen molar-refractivity contribution < 1.29 is 9.52 Å². The van der Waals surface area contributed by atoms with E-state index in [-0.39, 0.29) is 0 Å². The quantitative estimate of drug-likeness (QED) is 0.835. The molecule has 0 spiro atoms. The van der Waals surface area contributed by atoms with E-state index in [4.69, 9.17) is 4.42 Å². The van der Waals surface area contributed by atoms with E-state index >= 15 is 0 Å². The van der Waals surface area contributed by atoms with E-state index in [0.29, 0.717) is 11.3 Å². The molecule has 0 radical (unpaired) electrons. The Hall–Kier alpha value is -1.28. The van der Waals surface area contributed by atoms with Crippen molar-refractivity contribution in [3.8, 4) is 0 Å². The molecule has 0 aliphatic heterocycles. The highest BCUT2D eigenvalue weighted by Gasteiger charge is 2.32. The zero-order valence-corrected chi connectivity index (χ0v) is 12.6. The lowest BCUT2D eigenvalue weighted by Crippen LogP contribution is -2.24. The van der Waals surface area contributed by atoms with Crippen LogP contribution in [-0.4, -0.2) is 5.11 Å². The predicted octanol–water partition coefficient (Wildman–Crippen LogP) is 4.99. The van der Waals surface area contributed by atoms with Gasteiger partial charge in [0.2, 0.25) is 0 Å². The van der Waals surface area contributed by atoms with E-state index in [9.17, 15) is 5.11 Å². The van der Waals surface area contributed by atoms with Crippen LogP contribution in [0.4, 0.5) is 0 Å². The molecule has 1 aromatic heterocycles. The van der Waals surface area contributed by atoms with Crippen molar-refractivity contribution in [2.45, 2.75) is 52.6 Å². The molecule has 108 valence electrons. The Balaban J connectivity index is 1.82. The number of para-hydroxylation sites is 1. The van der Waals surface area contributed by atoms with Gasteiger partial charge in [0.25, 0.3) is 0 Å². The highest BCUT2D eigenvalue weighted by molar-refractivity contribution is 5.80. The van der Waals surface area contributed by atoms with E-state index in [1.54, 1.807) is 0 Å². The number of aliphatic hydroxyl groups is 1. The normalized spacial score (nSPS) is 21.2. The molecule has 1 aliphatic carbocycles. The number of fused-ring (bicyclic) bond motifs is 1. The molecule has 20 heavy (non-hydrogen) atoms. The number of benzene rings is 1. The number of furan rings is 1. The summed E-state index contributed by atoms with van der Waals surface area (Å²) in [5.74, 6) is 1.07. The fourth-order valence-electron chi connectivity index (χ4n) is 3.34. The molecule has 1 unspecified atom stereocenters. The van der Waals surface area contributed by atoms with Crippen LogP contribution in [0.3, 0.4) is 0 Å². The Morgan fingerprint density at radius 2 is 1.95 bits per heavy atom. The van der Waals surface area contributed by atoms with E-state index in [1.165, 1.54) is 12.8 Å². The SMILES string of the molecule is Cc1cccc2cc(C(O)C3CCC(C)(C)CC3)oc12. The molecule has 0 bridgehead atoms. The van der Waals surface area contributed by atoms with Gasteiger partial charge < -0.3 is 9.52 Å². The lowest BCUT2D eigenvalue weighted by molar-refractivity contribution is 0.0428. The molecule has 2 aromatic rings. The van der Waals surface area contributed by atoms with Crippen molar-refractivity contribution in [1.29, 1.82) is 0 Å². The summed E-state index contributed by atoms with van der Waals surface area (Å²) in [5.41, 5.74) is 2.48. The Labute approximate surface area is 120 Å². The molecule has 2 nitrogen and oxygen atoms in total. The zero-order chi connectivity index (χ0) is 14.3. The molecule has 1 heterocycles. The van der Waals surface area contributed by atoms with Crippen molar-refractivity contribution in [2.24, 2.45) is 11.3 Å². The van der Waals surface area contributed by atoms with Crippen LogP contribution in [-0.2, 0) is 0 Å². The number of aryl methyl sites for hydroxylation is 1. The topological polar surface area (TPSA) is 33.4 Å². The van der Waals surface area contributed by atoms with Crippen LogP contribution in [0.1, 0.15) is 57.0 Å². The van der Waals surface area contributed by atoms with Gasteiger partial charge in [-0.25, -0.2) is 0 Å². The summed E-state index contributed by atoms with van der Waals surface area (Å²) in [7, 11) is 0. The minimum atomic E-state index is -0.460. The number of rotatable bonds is 2. The third-order valence-corrected chi connectivity index (χ3v) is 4.88. The number of hydrogen-bond donors (Lipinski definition) is 1. The average Bonchev–Trinajstić information content (AvgIpc) is 2.83. The Morgan fingerprint density at radius 1 is 1.25 bits per heavy atom. The van der Waals surface area contributed by atoms with Crippen molar-refractivity contribution in [3.63, 3.8) is 0 Å². The maximum absolute atomic E-state index is 10.6. The molecule has 2 heteroatoms. The van der Waals surface area contributed by atoms with Crippen LogP contribution in [0.5, 0.6) is 0 Å². The van der Waals surface area contributed by atoms with Gasteiger partial charge in [-0.1, -0.05) is 32.0 Å². The van der Waals surface area contributed by atoms with Gasteiger partial charge in [0.1, 0.15) is 17.4 Å². The van der Waals surface area contributed by atoms with Crippen LogP contribution in [0.25, 0.3) is 11.0 Å². The third kappa shape index (κ3) is 2.49. The van der Waals surface area contributed by atoms with Gasteiger partial charge >= 0.3 is 0 Å². The molecule has 0 saturated heterocycles. The minimum Gasteiger partial charge on any atom is -0.458 e. The first-order chi connectivity index (χ1) is 9.46. The van der Waals surface area contributed by atoms with Crippen LogP contribution >= 0.6 is 0 Å². The van der Waals surface area contributed by atoms with E-state index in [1.807, 2.05) is 31.2 Å². The van der Waals surface area contributed by atoms with E-state index in [0.717, 1.165) is 35.1 Å². The van der Waals surface area contributed by atoms with Crippen LogP contribution in [0, 0.1) is 18.3 Å². The lowest BCUT2D eigenvalue weighted by Gasteiger charge is -2.35. The van der Waals surface area contributed by atoms with Crippen LogP contribution in [0.2, 0.25) is 0 Å². The molecule has 1 atom stereocenters. The Morgan fingerprint density at radius 3 is 2.60 bits per heavy atom. The molecular weight excluding hydrogens is 248 g/mol. The molecule has 3 rings (SSSR count). The molecule has 1 aromatic carbocycles. The monoisotopic (exact) mass is 272 g/mol. The van der Waals surface area contributed by atoms with Crippen LogP contribution < -0.4 is 0 Å². The minimum absolute atomic E-state index is 0.337. The van der Waals surface area contributed by atoms with Gasteiger partial charge in [-0.05, 0) is 55.6 Å². The van der Waals surface area contributed by atoms with Gasteiger partial charge in [0, 0.05) is 5.39 Å². The van der Waals surface area contributed by atoms with Crippen molar-refractivity contribution in [3.05, 3.63) is 35.6 Å². The molecule has 0 amide bonds. The maximum atomic E-state index is 10.6. The second kappa shape index (κ2) is 4.92. The first-order valence-electron chi connectivity index (χ1n) is 7.63. The van der Waals surface area contributed by atoms with Gasteiger partial charge in [-0.3, -0.25) is 0 Å². The fraction of sp³-hybridized carbons (Fsp3) is 0.556. The largest absolute Gasteiger partial charge is 0.458 e. The molecule has 1 fully saturated rings. The second-order valence-electron chi connectivity index (χ2n) is 7.09. The predicted molar refractivity (Wildman–Crippen MR) is 81.6 cm³/mol. The Bertz CT molecular complexity index is 599. The number of aliphatic hydroxyl groups excluding tert-OH is 1. The summed E-state index contributed by atoms with van der Waals surface area (Å²) in [6.07, 6.45) is 4.09. The molecule has 1 aliphatic rings. The second-order valence-corrected chi connectivity index (χ2v) is 7.09. The van der Waals surface area contributed by atoms with Crippen LogP contribution in [0.15, 0.2) is 28.7 Å². The summed E-state index contributed by atoms with van der Waals surface area (Å²) >= 11 is 0. The standard InChI is InChI=1S/C18H24O2/c1-12-5-4-6-14-11-15(20-17(12)14)16(19)13-7-9-18(2,3)10-8-13/h4-6,11,13,16,19H,7-10H2,1-3H3. The average molecular weight is 272 g/mol. The first kappa shape index (κ1) is 13.7. The summed E-state index contributed by atoms with van der Waals surface area (Å²) in [6.45, 7) is 6.69. The molecule has 1 saturated carbocycles. The summed E-state index contributed by atoms with van der Waals surface area (Å²) < 4.78 is 5.92. The highest BCUT2D eigenvalue weighted by atomic mass is 16.4. The van der Waals surface area contributed by atoms with Gasteiger partial charge in [0.05, 0.1) is 0 Å². The van der Waals surface area contributed by atoms with Gasteiger partial charge in [0.15, 0.2) is 0 Å². The van der Waals surface area contributed by atoms with E-state index in [2.05, 4.69) is 13.8 Å². The number of hydrogen-bond acceptors (Lipinski definition) is 2. The molecule has 1 N–H and O–H groups in total. The van der Waals surface area contributed by atoms with E-state index < -0.39 is 6.10 Å². The highest BCUT2D eigenvalue weighted by Crippen LogP contribution is 2.43. The maximum Gasteiger partial charge on any atom is 0.137 e. The summed E-state index contributed by atoms with van der Waals surface area (Å²) in [6, 6.07) is 8.14. The van der Waals surface area contributed by atoms with Gasteiger partial charge in [-0.2, -0.15) is 0 Å². The smallest absolute Gasteiger partial charge is 0.137 e. The molecular formula is C18H24O2. The lowest BCUT2D eigenvalue weighted by atomic mass is 9.71. The van der Waals surface area contributed by atoms with Crippen molar-refractivity contribution in [1.82, 2.24) is 0 Å². The summed E-state index contributed by atoms with van der Waals surface area (Å²) in [4.78, 5) is 0. The summed E-state index contributed by atoms with van der Waals surface area (Å²) in [5, 5.41) is 11.7. The van der Waals surface area contributed by atoms with Crippen molar-refractivity contribution >= 4 is 11.0 Å². The first-order valence-corrected chi connectivity index (χ1v) is 7.63. The van der Waals surface area contributed by atoms with Crippen molar-refractivity contribution in [2.75, 3.05) is 0 Å². The fourth-order valence-corrected chi connectivity index (χ4v) is 3.34. The third-order valence-electron chi connectivity index (χ3n) is 4.88. The zero-order valence-electron chi connectivity index (χ0n) is 12.6. The van der Waals surface area contributed by atoms with Gasteiger partial charge in [-0.15, -0.1) is 0 Å².